The van der Waals surface area contributed by atoms with Crippen LogP contribution < -0.4 is 5.73 Å². The van der Waals surface area contributed by atoms with E-state index >= 15 is 0 Å². The highest BCUT2D eigenvalue weighted by Crippen LogP contribution is 2.01. The van der Waals surface area contributed by atoms with E-state index in [4.69, 9.17) is 5.73 Å². The first-order valence-electron chi connectivity index (χ1n) is 3.50. The Balaban J connectivity index is 3.98. The molecule has 0 aromatic rings. The van der Waals surface area contributed by atoms with Gasteiger partial charge in [0.1, 0.15) is 5.76 Å². The van der Waals surface area contributed by atoms with E-state index in [1.807, 2.05) is 6.92 Å². The highest BCUT2D eigenvalue weighted by molar-refractivity contribution is 5.61. The molecule has 0 atom stereocenters. The minimum absolute atomic E-state index is 0.182. The van der Waals surface area contributed by atoms with Crippen molar-refractivity contribution in [3.05, 3.63) is 24.1 Å². The fraction of sp³-hybridized carbons (Fsp3) is 0.375. The highest BCUT2D eigenvalue weighted by atomic mass is 16.7. The third kappa shape index (κ3) is 4.38. The maximum Gasteiger partial charge on any atom is 0.513 e. The summed E-state index contributed by atoms with van der Waals surface area (Å²) in [5.74, 6) is 0.182. The van der Waals surface area contributed by atoms with Gasteiger partial charge in [-0.15, -0.1) is 0 Å². The number of ether oxygens (including phenoxy) is 2. The molecule has 0 unspecified atom stereocenters. The lowest BCUT2D eigenvalue weighted by molar-refractivity contribution is 0.100. The van der Waals surface area contributed by atoms with Crippen molar-refractivity contribution >= 4 is 6.16 Å². The lowest BCUT2D eigenvalue weighted by Crippen LogP contribution is -2.04. The summed E-state index contributed by atoms with van der Waals surface area (Å²) in [6.07, 6.45) is 1.38. The van der Waals surface area contributed by atoms with Gasteiger partial charge in [0.25, 0.3) is 0 Å². The van der Waals surface area contributed by atoms with Crippen LogP contribution in [0.15, 0.2) is 24.1 Å². The molecule has 0 aromatic carbocycles. The van der Waals surface area contributed by atoms with E-state index in [-0.39, 0.29) is 5.76 Å². The van der Waals surface area contributed by atoms with Crippen LogP contribution in [0.1, 0.15) is 13.3 Å². The molecule has 0 radical (unpaired) electrons. The van der Waals surface area contributed by atoms with Crippen molar-refractivity contribution in [2.75, 3.05) is 7.11 Å². The summed E-state index contributed by atoms with van der Waals surface area (Å²) in [5.41, 5.74) is 6.06. The average molecular weight is 171 g/mol. The summed E-state index contributed by atoms with van der Waals surface area (Å²) in [5, 5.41) is 0. The second-order valence-corrected chi connectivity index (χ2v) is 2.10. The van der Waals surface area contributed by atoms with E-state index in [9.17, 15) is 4.79 Å². The largest absolute Gasteiger partial charge is 0.513 e. The van der Waals surface area contributed by atoms with E-state index in [1.165, 1.54) is 13.2 Å². The topological polar surface area (TPSA) is 61.5 Å². The van der Waals surface area contributed by atoms with Crippen molar-refractivity contribution in [1.82, 2.24) is 0 Å². The number of hydrogen-bond acceptors (Lipinski definition) is 4. The number of carbonyl (C=O) groups is 1. The van der Waals surface area contributed by atoms with Crippen molar-refractivity contribution in [2.24, 2.45) is 5.73 Å². The van der Waals surface area contributed by atoms with Crippen LogP contribution in [0.25, 0.3) is 0 Å². The Hall–Kier alpha value is -1.45. The smallest absolute Gasteiger partial charge is 0.437 e. The molecule has 0 saturated carbocycles. The van der Waals surface area contributed by atoms with Gasteiger partial charge in [0.05, 0.1) is 7.11 Å². The van der Waals surface area contributed by atoms with E-state index in [2.05, 4.69) is 16.1 Å². The minimum atomic E-state index is -0.792. The first kappa shape index (κ1) is 10.6. The molecule has 0 fully saturated rings. The van der Waals surface area contributed by atoms with Gasteiger partial charge in [-0.3, -0.25) is 0 Å². The standard InChI is InChI=1S/C8H13NO3/c1-4-7(9)5-6(2)12-8(10)11-3/h5H,2,4,9H2,1,3H3/b7-5+. The van der Waals surface area contributed by atoms with Gasteiger partial charge in [-0.25, -0.2) is 4.79 Å². The van der Waals surface area contributed by atoms with E-state index in [1.54, 1.807) is 0 Å². The first-order valence-corrected chi connectivity index (χ1v) is 3.50. The van der Waals surface area contributed by atoms with Gasteiger partial charge in [0.2, 0.25) is 0 Å². The summed E-state index contributed by atoms with van der Waals surface area (Å²) >= 11 is 0. The Morgan fingerprint density at radius 1 is 1.67 bits per heavy atom. The van der Waals surface area contributed by atoms with E-state index in [0.717, 1.165) is 0 Å². The molecular formula is C8H13NO3. The first-order chi connectivity index (χ1) is 5.60. The molecule has 0 rings (SSSR count). The van der Waals surface area contributed by atoms with Gasteiger partial charge in [-0.2, -0.15) is 0 Å². The minimum Gasteiger partial charge on any atom is -0.437 e. The van der Waals surface area contributed by atoms with Crippen LogP contribution in [0.5, 0.6) is 0 Å². The molecule has 68 valence electrons. The summed E-state index contributed by atoms with van der Waals surface area (Å²) in [6, 6.07) is 0. The van der Waals surface area contributed by atoms with Crippen LogP contribution in [-0.2, 0) is 9.47 Å². The zero-order valence-electron chi connectivity index (χ0n) is 7.29. The molecule has 0 aliphatic heterocycles. The monoisotopic (exact) mass is 171 g/mol. The van der Waals surface area contributed by atoms with Crippen LogP contribution in [-0.4, -0.2) is 13.3 Å². The van der Waals surface area contributed by atoms with Crippen LogP contribution in [0.4, 0.5) is 4.79 Å². The predicted molar refractivity (Wildman–Crippen MR) is 45.2 cm³/mol. The summed E-state index contributed by atoms with van der Waals surface area (Å²) in [4.78, 5) is 10.5. The van der Waals surface area contributed by atoms with Crippen molar-refractivity contribution in [2.45, 2.75) is 13.3 Å². The number of nitrogens with two attached hydrogens (primary N) is 1. The molecule has 4 nitrogen and oxygen atoms in total. The van der Waals surface area contributed by atoms with Crippen LogP contribution >= 0.6 is 0 Å². The normalized spacial score (nSPS) is 10.7. The van der Waals surface area contributed by atoms with Crippen LogP contribution in [0, 0.1) is 0 Å². The van der Waals surface area contributed by atoms with Gasteiger partial charge in [-0.1, -0.05) is 13.5 Å². The lowest BCUT2D eigenvalue weighted by Gasteiger charge is -2.01. The average Bonchev–Trinajstić information content (AvgIpc) is 2.03. The Labute approximate surface area is 71.6 Å². The molecule has 0 bridgehead atoms. The second-order valence-electron chi connectivity index (χ2n) is 2.10. The Bertz CT molecular complexity index is 208. The quantitative estimate of drug-likeness (QED) is 0.397. The van der Waals surface area contributed by atoms with E-state index in [0.29, 0.717) is 12.1 Å². The Kier molecular flexibility index (Phi) is 4.60. The summed E-state index contributed by atoms with van der Waals surface area (Å²) in [6.45, 7) is 5.34. The molecular weight excluding hydrogens is 158 g/mol. The zero-order valence-corrected chi connectivity index (χ0v) is 7.29. The SMILES string of the molecule is C=C(/C=C(/N)CC)OC(=O)OC. The van der Waals surface area contributed by atoms with Gasteiger partial charge >= 0.3 is 6.16 Å². The lowest BCUT2D eigenvalue weighted by atomic mass is 10.3. The van der Waals surface area contributed by atoms with Crippen molar-refractivity contribution in [3.8, 4) is 0 Å². The van der Waals surface area contributed by atoms with Gasteiger partial charge in [0, 0.05) is 5.70 Å². The number of carbonyl (C=O) groups excluding carboxylic acids is 1. The molecule has 0 amide bonds. The molecule has 2 N–H and O–H groups in total. The van der Waals surface area contributed by atoms with Crippen molar-refractivity contribution in [3.63, 3.8) is 0 Å². The molecule has 0 saturated heterocycles. The third-order valence-electron chi connectivity index (χ3n) is 1.14. The number of rotatable bonds is 3. The molecule has 0 heterocycles. The van der Waals surface area contributed by atoms with Crippen LogP contribution in [0.2, 0.25) is 0 Å². The van der Waals surface area contributed by atoms with Gasteiger partial charge in [-0.05, 0) is 12.5 Å². The molecule has 0 spiro atoms. The summed E-state index contributed by atoms with van der Waals surface area (Å²) < 4.78 is 8.80. The van der Waals surface area contributed by atoms with Gasteiger partial charge in [0.15, 0.2) is 0 Å². The Morgan fingerprint density at radius 2 is 2.25 bits per heavy atom. The fourth-order valence-electron chi connectivity index (χ4n) is 0.487. The van der Waals surface area contributed by atoms with Gasteiger partial charge < -0.3 is 15.2 Å². The number of hydrogen-bond donors (Lipinski definition) is 1. The third-order valence-corrected chi connectivity index (χ3v) is 1.14. The fourth-order valence-corrected chi connectivity index (χ4v) is 0.487. The summed E-state index contributed by atoms with van der Waals surface area (Å²) in [7, 11) is 1.22. The second kappa shape index (κ2) is 5.23. The maximum absolute atomic E-state index is 10.5. The molecule has 12 heavy (non-hydrogen) atoms. The molecule has 0 aliphatic rings. The number of methoxy groups -OCH3 is 1. The van der Waals surface area contributed by atoms with Crippen molar-refractivity contribution < 1.29 is 14.3 Å². The Morgan fingerprint density at radius 3 is 2.67 bits per heavy atom. The highest BCUT2D eigenvalue weighted by Gasteiger charge is 2.01. The molecule has 4 heteroatoms. The number of allylic oxidation sites excluding steroid dienone is 2. The zero-order chi connectivity index (χ0) is 9.56. The van der Waals surface area contributed by atoms with Crippen molar-refractivity contribution in [1.29, 1.82) is 0 Å². The predicted octanol–water partition coefficient (Wildman–Crippen LogP) is 1.54. The molecule has 0 aromatic heterocycles. The molecule has 0 aliphatic carbocycles. The maximum atomic E-state index is 10.5. The van der Waals surface area contributed by atoms with Crippen LogP contribution in [0.3, 0.4) is 0 Å². The van der Waals surface area contributed by atoms with E-state index < -0.39 is 6.16 Å².